The smallest absolute Gasteiger partial charge is 0.229 e. The maximum atomic E-state index is 13.5. The third-order valence-corrected chi connectivity index (χ3v) is 7.08. The topological polar surface area (TPSA) is 38.1 Å². The molecule has 0 unspecified atom stereocenters. The third kappa shape index (κ3) is 3.38. The van der Waals surface area contributed by atoms with Gasteiger partial charge >= 0.3 is 0 Å². The Morgan fingerprint density at radius 1 is 1.23 bits per heavy atom. The number of aromatic nitrogens is 2. The number of benzene rings is 1. The summed E-state index contributed by atoms with van der Waals surface area (Å²) in [6.45, 7) is 6.19. The summed E-state index contributed by atoms with van der Waals surface area (Å²) in [5.41, 5.74) is 6.05. The van der Waals surface area contributed by atoms with Gasteiger partial charge in [-0.05, 0) is 62.3 Å². The highest BCUT2D eigenvalue weighted by molar-refractivity contribution is 5.83. The monoisotopic (exact) mass is 407 g/mol. The van der Waals surface area contributed by atoms with E-state index in [1.807, 2.05) is 10.9 Å². The molecule has 2 aromatic rings. The summed E-state index contributed by atoms with van der Waals surface area (Å²) in [4.78, 5) is 15.6. The average molecular weight is 408 g/mol. The molecular formula is C25H30FN3O. The van der Waals surface area contributed by atoms with Gasteiger partial charge in [0.05, 0.1) is 23.5 Å². The minimum absolute atomic E-state index is 0.0302. The van der Waals surface area contributed by atoms with E-state index in [4.69, 9.17) is 0 Å². The summed E-state index contributed by atoms with van der Waals surface area (Å²) in [6, 6.07) is 6.51. The van der Waals surface area contributed by atoms with Crippen molar-refractivity contribution in [1.29, 1.82) is 0 Å². The normalized spacial score (nSPS) is 22.8. The van der Waals surface area contributed by atoms with Crippen molar-refractivity contribution in [1.82, 2.24) is 14.7 Å². The molecule has 3 aliphatic rings. The first kappa shape index (κ1) is 19.5. The number of rotatable bonds is 6. The predicted molar refractivity (Wildman–Crippen MR) is 115 cm³/mol. The van der Waals surface area contributed by atoms with Crippen molar-refractivity contribution >= 4 is 5.91 Å². The Morgan fingerprint density at radius 3 is 2.70 bits per heavy atom. The predicted octanol–water partition coefficient (Wildman–Crippen LogP) is 5.03. The van der Waals surface area contributed by atoms with Crippen molar-refractivity contribution in [2.24, 2.45) is 11.8 Å². The first-order valence-corrected chi connectivity index (χ1v) is 11.4. The van der Waals surface area contributed by atoms with Crippen molar-refractivity contribution in [3.63, 3.8) is 0 Å². The zero-order valence-electron chi connectivity index (χ0n) is 17.9. The summed E-state index contributed by atoms with van der Waals surface area (Å²) in [7, 11) is 0. The summed E-state index contributed by atoms with van der Waals surface area (Å²) in [5.74, 6) is 1.06. The second-order valence-electron chi connectivity index (χ2n) is 9.21. The molecule has 2 atom stereocenters. The van der Waals surface area contributed by atoms with Crippen molar-refractivity contribution < 1.29 is 9.18 Å². The minimum atomic E-state index is -0.238. The van der Waals surface area contributed by atoms with Crippen LogP contribution in [0.3, 0.4) is 0 Å². The van der Waals surface area contributed by atoms with Gasteiger partial charge < -0.3 is 4.90 Å². The van der Waals surface area contributed by atoms with Gasteiger partial charge in [-0.2, -0.15) is 5.10 Å². The molecule has 0 aliphatic heterocycles. The highest BCUT2D eigenvalue weighted by atomic mass is 19.1. The van der Waals surface area contributed by atoms with E-state index in [1.165, 1.54) is 47.4 Å². The van der Waals surface area contributed by atoms with Gasteiger partial charge in [-0.25, -0.2) is 9.07 Å². The number of fused-ring (bicyclic) bond motifs is 1. The Bertz CT molecular complexity index is 986. The zero-order chi connectivity index (χ0) is 20.8. The molecule has 0 radical (unpaired) electrons. The van der Waals surface area contributed by atoms with Gasteiger partial charge in [0, 0.05) is 31.0 Å². The van der Waals surface area contributed by atoms with E-state index in [0.717, 1.165) is 50.4 Å². The Labute approximate surface area is 177 Å². The molecule has 3 aliphatic carbocycles. The van der Waals surface area contributed by atoms with Crippen LogP contribution in [0.15, 0.2) is 41.6 Å². The number of halogens is 1. The number of hydrogen-bond donors (Lipinski definition) is 0. The van der Waals surface area contributed by atoms with Crippen LogP contribution in [0.1, 0.15) is 63.1 Å². The molecule has 1 amide bonds. The highest BCUT2D eigenvalue weighted by Crippen LogP contribution is 2.48. The molecule has 1 fully saturated rings. The SMILES string of the molecule is CCCN(CC1CC1)C(=O)[C@@H]1CCC2=C1[C@@H](C)c1cnn(-c3ccc(F)cc3)c1C2. The maximum Gasteiger partial charge on any atom is 0.229 e. The lowest BCUT2D eigenvalue weighted by atomic mass is 9.79. The fourth-order valence-electron chi connectivity index (χ4n) is 5.41. The summed E-state index contributed by atoms with van der Waals surface area (Å²) < 4.78 is 15.3. The second-order valence-corrected chi connectivity index (χ2v) is 9.21. The Balaban J connectivity index is 1.42. The zero-order valence-corrected chi connectivity index (χ0v) is 17.9. The molecule has 1 aromatic carbocycles. The van der Waals surface area contributed by atoms with Crippen LogP contribution in [0.25, 0.3) is 5.69 Å². The third-order valence-electron chi connectivity index (χ3n) is 7.08. The number of allylic oxidation sites excluding steroid dienone is 1. The van der Waals surface area contributed by atoms with Gasteiger partial charge in [-0.1, -0.05) is 25.0 Å². The highest BCUT2D eigenvalue weighted by Gasteiger charge is 2.41. The van der Waals surface area contributed by atoms with Crippen LogP contribution in [0.2, 0.25) is 0 Å². The van der Waals surface area contributed by atoms with Crippen LogP contribution in [0.5, 0.6) is 0 Å². The van der Waals surface area contributed by atoms with E-state index >= 15 is 0 Å². The summed E-state index contributed by atoms with van der Waals surface area (Å²) >= 11 is 0. The van der Waals surface area contributed by atoms with Crippen molar-refractivity contribution in [2.45, 2.75) is 58.3 Å². The molecule has 5 rings (SSSR count). The average Bonchev–Trinajstić information content (AvgIpc) is 3.29. The number of carbonyl (C=O) groups excluding carboxylic acids is 1. The van der Waals surface area contributed by atoms with Crippen molar-refractivity contribution in [2.75, 3.05) is 13.1 Å². The van der Waals surface area contributed by atoms with Crippen LogP contribution in [-0.4, -0.2) is 33.7 Å². The van der Waals surface area contributed by atoms with Crippen LogP contribution >= 0.6 is 0 Å². The number of nitrogens with zero attached hydrogens (tertiary/aromatic N) is 3. The van der Waals surface area contributed by atoms with E-state index in [2.05, 4.69) is 23.8 Å². The molecule has 4 nitrogen and oxygen atoms in total. The fraction of sp³-hybridized carbons (Fsp3) is 0.520. The van der Waals surface area contributed by atoms with Crippen LogP contribution in [0, 0.1) is 17.7 Å². The molecule has 1 heterocycles. The van der Waals surface area contributed by atoms with E-state index < -0.39 is 0 Å². The first-order chi connectivity index (χ1) is 14.6. The van der Waals surface area contributed by atoms with Gasteiger partial charge in [0.15, 0.2) is 0 Å². The minimum Gasteiger partial charge on any atom is -0.342 e. The molecule has 158 valence electrons. The Kier molecular flexibility index (Phi) is 5.00. The molecule has 30 heavy (non-hydrogen) atoms. The maximum absolute atomic E-state index is 13.5. The lowest BCUT2D eigenvalue weighted by molar-refractivity contribution is -0.134. The van der Waals surface area contributed by atoms with Crippen LogP contribution in [0.4, 0.5) is 4.39 Å². The van der Waals surface area contributed by atoms with Crippen LogP contribution < -0.4 is 0 Å². The number of hydrogen-bond acceptors (Lipinski definition) is 2. The number of carbonyl (C=O) groups is 1. The van der Waals surface area contributed by atoms with E-state index in [-0.39, 0.29) is 17.7 Å². The van der Waals surface area contributed by atoms with E-state index in [9.17, 15) is 9.18 Å². The van der Waals surface area contributed by atoms with Crippen molar-refractivity contribution in [3.8, 4) is 5.69 Å². The van der Waals surface area contributed by atoms with E-state index in [0.29, 0.717) is 5.91 Å². The standard InChI is InChI=1S/C25H30FN3O/c1-3-12-28(15-17-4-5-17)25(30)21-11-6-18-13-23-22(16(2)24(18)21)14-27-29(23)20-9-7-19(26)8-10-20/h7-10,14,16-17,21H,3-6,11-13,15H2,1-2H3/t16-,21+/m0/s1. The molecule has 1 aromatic heterocycles. The molecule has 0 saturated heterocycles. The van der Waals surface area contributed by atoms with Crippen molar-refractivity contribution in [3.05, 3.63) is 58.7 Å². The lowest BCUT2D eigenvalue weighted by Crippen LogP contribution is -2.39. The number of amides is 1. The summed E-state index contributed by atoms with van der Waals surface area (Å²) in [6.07, 6.45) is 8.28. The summed E-state index contributed by atoms with van der Waals surface area (Å²) in [5, 5.41) is 4.63. The Hall–Kier alpha value is -2.43. The van der Waals surface area contributed by atoms with Gasteiger partial charge in [0.1, 0.15) is 5.82 Å². The molecule has 0 bridgehead atoms. The molecular weight excluding hydrogens is 377 g/mol. The largest absolute Gasteiger partial charge is 0.342 e. The van der Waals surface area contributed by atoms with Gasteiger partial charge in [-0.15, -0.1) is 0 Å². The first-order valence-electron chi connectivity index (χ1n) is 11.4. The quantitative estimate of drug-likeness (QED) is 0.630. The molecule has 0 spiro atoms. The van der Waals surface area contributed by atoms with Gasteiger partial charge in [-0.3, -0.25) is 4.79 Å². The molecule has 5 heteroatoms. The Morgan fingerprint density at radius 2 is 2.00 bits per heavy atom. The lowest BCUT2D eigenvalue weighted by Gasteiger charge is -2.30. The van der Waals surface area contributed by atoms with Crippen LogP contribution in [-0.2, 0) is 11.2 Å². The van der Waals surface area contributed by atoms with E-state index in [1.54, 1.807) is 12.1 Å². The van der Waals surface area contributed by atoms with Gasteiger partial charge in [0.2, 0.25) is 5.91 Å². The molecule has 1 saturated carbocycles. The second kappa shape index (κ2) is 7.68. The molecule has 0 N–H and O–H groups in total. The fourth-order valence-corrected chi connectivity index (χ4v) is 5.41. The van der Waals surface area contributed by atoms with Gasteiger partial charge in [0.25, 0.3) is 0 Å².